The standard InChI is InChI=1S/C19H24N8O2/c1-3-27-19-17(23-24-27)18(20-13-21-19)26-9-7-25(8-10-26)12-16(28)22-14-5-4-6-15(11-14)29-2/h4-6,11,13H,3,7-10,12H2,1-2H3,(H,22,28). The molecule has 3 heterocycles. The van der Waals surface area contributed by atoms with Crippen molar-refractivity contribution < 1.29 is 9.53 Å². The zero-order valence-corrected chi connectivity index (χ0v) is 16.6. The highest BCUT2D eigenvalue weighted by atomic mass is 16.5. The summed E-state index contributed by atoms with van der Waals surface area (Å²) in [5.41, 5.74) is 2.20. The van der Waals surface area contributed by atoms with E-state index in [0.29, 0.717) is 18.8 Å². The zero-order chi connectivity index (χ0) is 20.2. The molecule has 0 radical (unpaired) electrons. The number of carbonyl (C=O) groups is 1. The number of aryl methyl sites for hydroxylation is 1. The maximum Gasteiger partial charge on any atom is 0.238 e. The molecule has 0 spiro atoms. The molecule has 0 atom stereocenters. The largest absolute Gasteiger partial charge is 0.497 e. The van der Waals surface area contributed by atoms with Crippen molar-refractivity contribution in [1.29, 1.82) is 0 Å². The minimum Gasteiger partial charge on any atom is -0.497 e. The molecule has 4 rings (SSSR count). The summed E-state index contributed by atoms with van der Waals surface area (Å²) in [6.07, 6.45) is 1.56. The maximum atomic E-state index is 12.4. The molecule has 1 aliphatic heterocycles. The quantitative estimate of drug-likeness (QED) is 0.659. The molecule has 1 aliphatic rings. The molecular weight excluding hydrogens is 372 g/mol. The van der Waals surface area contributed by atoms with Crippen LogP contribution in [0.25, 0.3) is 11.2 Å². The number of nitrogens with zero attached hydrogens (tertiary/aromatic N) is 7. The van der Waals surface area contributed by atoms with Gasteiger partial charge in [-0.3, -0.25) is 9.69 Å². The Labute approximate surface area is 168 Å². The highest BCUT2D eigenvalue weighted by Crippen LogP contribution is 2.22. The lowest BCUT2D eigenvalue weighted by Crippen LogP contribution is -2.49. The molecule has 152 valence electrons. The third kappa shape index (κ3) is 4.11. The van der Waals surface area contributed by atoms with Gasteiger partial charge in [0.2, 0.25) is 5.91 Å². The predicted molar refractivity (Wildman–Crippen MR) is 109 cm³/mol. The Morgan fingerprint density at radius 3 is 2.79 bits per heavy atom. The lowest BCUT2D eigenvalue weighted by atomic mass is 10.2. The van der Waals surface area contributed by atoms with Crippen molar-refractivity contribution in [3.05, 3.63) is 30.6 Å². The Morgan fingerprint density at radius 1 is 1.21 bits per heavy atom. The van der Waals surface area contributed by atoms with Gasteiger partial charge in [-0.25, -0.2) is 14.6 Å². The summed E-state index contributed by atoms with van der Waals surface area (Å²) < 4.78 is 6.95. The first-order chi connectivity index (χ1) is 14.2. The Balaban J connectivity index is 1.35. The van der Waals surface area contributed by atoms with E-state index in [2.05, 4.69) is 35.4 Å². The lowest BCUT2D eigenvalue weighted by Gasteiger charge is -2.34. The van der Waals surface area contributed by atoms with Crippen LogP contribution in [-0.4, -0.2) is 75.6 Å². The molecule has 1 amide bonds. The lowest BCUT2D eigenvalue weighted by molar-refractivity contribution is -0.117. The van der Waals surface area contributed by atoms with Gasteiger partial charge >= 0.3 is 0 Å². The number of fused-ring (bicyclic) bond motifs is 1. The van der Waals surface area contributed by atoms with Crippen LogP contribution >= 0.6 is 0 Å². The second-order valence-electron chi connectivity index (χ2n) is 6.82. The van der Waals surface area contributed by atoms with Gasteiger partial charge < -0.3 is 15.0 Å². The maximum absolute atomic E-state index is 12.4. The van der Waals surface area contributed by atoms with Crippen molar-refractivity contribution in [2.24, 2.45) is 0 Å². The molecule has 1 N–H and O–H groups in total. The first kappa shape index (κ1) is 19.1. The normalized spacial score (nSPS) is 14.9. The van der Waals surface area contributed by atoms with Crippen molar-refractivity contribution in [2.45, 2.75) is 13.5 Å². The Kier molecular flexibility index (Phi) is 5.52. The summed E-state index contributed by atoms with van der Waals surface area (Å²) in [7, 11) is 1.61. The van der Waals surface area contributed by atoms with E-state index in [1.54, 1.807) is 24.2 Å². The topological polar surface area (TPSA) is 101 Å². The molecule has 1 saturated heterocycles. The van der Waals surface area contributed by atoms with Crippen LogP contribution in [0.3, 0.4) is 0 Å². The summed E-state index contributed by atoms with van der Waals surface area (Å²) in [5.74, 6) is 1.48. The van der Waals surface area contributed by atoms with Crippen LogP contribution in [-0.2, 0) is 11.3 Å². The number of carbonyl (C=O) groups excluding carboxylic acids is 1. The van der Waals surface area contributed by atoms with E-state index < -0.39 is 0 Å². The number of benzene rings is 1. The molecule has 3 aromatic rings. The van der Waals surface area contributed by atoms with Gasteiger partial charge in [-0.15, -0.1) is 5.10 Å². The Bertz CT molecular complexity index is 997. The molecule has 0 aliphatic carbocycles. The highest BCUT2D eigenvalue weighted by Gasteiger charge is 2.23. The monoisotopic (exact) mass is 396 g/mol. The number of nitrogens with one attached hydrogen (secondary N) is 1. The number of rotatable bonds is 6. The predicted octanol–water partition coefficient (Wildman–Crippen LogP) is 1.01. The van der Waals surface area contributed by atoms with Gasteiger partial charge in [0.05, 0.1) is 13.7 Å². The van der Waals surface area contributed by atoms with Gasteiger partial charge in [0.15, 0.2) is 17.0 Å². The minimum absolute atomic E-state index is 0.0398. The van der Waals surface area contributed by atoms with E-state index in [4.69, 9.17) is 4.74 Å². The fraction of sp³-hybridized carbons (Fsp3) is 0.421. The van der Waals surface area contributed by atoms with Crippen LogP contribution in [0, 0.1) is 0 Å². The fourth-order valence-corrected chi connectivity index (χ4v) is 3.45. The zero-order valence-electron chi connectivity index (χ0n) is 16.6. The van der Waals surface area contributed by atoms with Gasteiger partial charge in [0.1, 0.15) is 12.1 Å². The highest BCUT2D eigenvalue weighted by molar-refractivity contribution is 5.92. The van der Waals surface area contributed by atoms with E-state index in [1.165, 1.54) is 0 Å². The molecule has 10 nitrogen and oxygen atoms in total. The summed E-state index contributed by atoms with van der Waals surface area (Å²) in [5, 5.41) is 11.3. The minimum atomic E-state index is -0.0398. The third-order valence-corrected chi connectivity index (χ3v) is 4.97. The molecule has 1 aromatic carbocycles. The van der Waals surface area contributed by atoms with Gasteiger partial charge in [0, 0.05) is 44.5 Å². The molecular formula is C19H24N8O2. The van der Waals surface area contributed by atoms with E-state index >= 15 is 0 Å². The molecule has 0 bridgehead atoms. The average molecular weight is 396 g/mol. The van der Waals surface area contributed by atoms with E-state index in [0.717, 1.165) is 48.8 Å². The first-order valence-electron chi connectivity index (χ1n) is 9.63. The van der Waals surface area contributed by atoms with Crippen molar-refractivity contribution in [1.82, 2.24) is 29.9 Å². The van der Waals surface area contributed by atoms with E-state index in [9.17, 15) is 4.79 Å². The number of anilines is 2. The molecule has 0 saturated carbocycles. The molecule has 1 fully saturated rings. The molecule has 0 unspecified atom stereocenters. The molecule has 29 heavy (non-hydrogen) atoms. The van der Waals surface area contributed by atoms with Gasteiger partial charge in [-0.2, -0.15) is 0 Å². The van der Waals surface area contributed by atoms with Crippen molar-refractivity contribution in [2.75, 3.05) is 50.1 Å². The summed E-state index contributed by atoms with van der Waals surface area (Å²) >= 11 is 0. The van der Waals surface area contributed by atoms with Crippen LogP contribution in [0.2, 0.25) is 0 Å². The average Bonchev–Trinajstić information content (AvgIpc) is 3.18. The van der Waals surface area contributed by atoms with E-state index in [-0.39, 0.29) is 5.91 Å². The van der Waals surface area contributed by atoms with Crippen LogP contribution in [0.5, 0.6) is 5.75 Å². The summed E-state index contributed by atoms with van der Waals surface area (Å²) in [6.45, 7) is 6.11. The number of piperazine rings is 1. The van der Waals surface area contributed by atoms with Crippen LogP contribution < -0.4 is 15.0 Å². The Morgan fingerprint density at radius 2 is 2.03 bits per heavy atom. The summed E-state index contributed by atoms with van der Waals surface area (Å²) in [4.78, 5) is 25.4. The van der Waals surface area contributed by atoms with Crippen molar-refractivity contribution >= 4 is 28.6 Å². The fourth-order valence-electron chi connectivity index (χ4n) is 3.45. The molecule has 10 heteroatoms. The number of amides is 1. The second-order valence-corrected chi connectivity index (χ2v) is 6.82. The SMILES string of the molecule is CCn1nnc2c(N3CCN(CC(=O)Nc4cccc(OC)c4)CC3)ncnc21. The van der Waals surface area contributed by atoms with Gasteiger partial charge in [0.25, 0.3) is 0 Å². The number of aromatic nitrogens is 5. The number of hydrogen-bond donors (Lipinski definition) is 1. The second kappa shape index (κ2) is 8.39. The van der Waals surface area contributed by atoms with Crippen molar-refractivity contribution in [3.63, 3.8) is 0 Å². The van der Waals surface area contributed by atoms with Crippen LogP contribution in [0.15, 0.2) is 30.6 Å². The van der Waals surface area contributed by atoms with Crippen LogP contribution in [0.1, 0.15) is 6.92 Å². The van der Waals surface area contributed by atoms with Crippen molar-refractivity contribution in [3.8, 4) is 5.75 Å². The van der Waals surface area contributed by atoms with E-state index in [1.807, 2.05) is 25.1 Å². The Hall–Kier alpha value is -3.27. The summed E-state index contributed by atoms with van der Waals surface area (Å²) in [6, 6.07) is 7.35. The number of hydrogen-bond acceptors (Lipinski definition) is 8. The molecule has 2 aromatic heterocycles. The smallest absolute Gasteiger partial charge is 0.238 e. The van der Waals surface area contributed by atoms with Gasteiger partial charge in [-0.1, -0.05) is 11.3 Å². The van der Waals surface area contributed by atoms with Gasteiger partial charge in [-0.05, 0) is 19.1 Å². The van der Waals surface area contributed by atoms with Crippen LogP contribution in [0.4, 0.5) is 11.5 Å². The third-order valence-electron chi connectivity index (χ3n) is 4.97. The first-order valence-corrected chi connectivity index (χ1v) is 9.63. The number of methoxy groups -OCH3 is 1. The number of ether oxygens (including phenoxy) is 1.